The third-order valence-corrected chi connectivity index (χ3v) is 4.38. The van der Waals surface area contributed by atoms with Crippen molar-refractivity contribution in [1.82, 2.24) is 25.5 Å². The SMILES string of the molecule is CC1=NOC(C(=O)N(C)CC(C)(C)c2nn[nH]n2)(c2ccccc2)C1. The molecule has 1 aliphatic heterocycles. The Morgan fingerprint density at radius 1 is 1.36 bits per heavy atom. The highest BCUT2D eigenvalue weighted by atomic mass is 16.7. The van der Waals surface area contributed by atoms with Crippen molar-refractivity contribution in [2.45, 2.75) is 38.2 Å². The first kappa shape index (κ1) is 17.1. The van der Waals surface area contributed by atoms with Crippen molar-refractivity contribution in [3.05, 3.63) is 41.7 Å². The minimum absolute atomic E-state index is 0.143. The molecule has 2 aromatic rings. The van der Waals surface area contributed by atoms with E-state index < -0.39 is 11.0 Å². The average molecular weight is 342 g/mol. The summed E-state index contributed by atoms with van der Waals surface area (Å²) in [6, 6.07) is 9.48. The number of nitrogens with one attached hydrogen (secondary N) is 1. The number of carbonyl (C=O) groups excluding carboxylic acids is 1. The second-order valence-corrected chi connectivity index (χ2v) is 7.07. The zero-order chi connectivity index (χ0) is 18.1. The van der Waals surface area contributed by atoms with Crippen LogP contribution in [-0.4, -0.2) is 50.7 Å². The largest absolute Gasteiger partial charge is 0.374 e. The van der Waals surface area contributed by atoms with Crippen LogP contribution in [0.3, 0.4) is 0 Å². The summed E-state index contributed by atoms with van der Waals surface area (Å²) in [7, 11) is 1.76. The molecule has 0 saturated heterocycles. The van der Waals surface area contributed by atoms with E-state index in [1.165, 1.54) is 0 Å². The van der Waals surface area contributed by atoms with Gasteiger partial charge in [-0.05, 0) is 6.92 Å². The molecule has 0 bridgehead atoms. The van der Waals surface area contributed by atoms with Crippen molar-refractivity contribution in [3.8, 4) is 0 Å². The second-order valence-electron chi connectivity index (χ2n) is 7.07. The first-order chi connectivity index (χ1) is 11.8. The molecule has 0 aliphatic carbocycles. The minimum atomic E-state index is -1.12. The van der Waals surface area contributed by atoms with E-state index >= 15 is 0 Å². The number of hydrogen-bond donors (Lipinski definition) is 1. The number of H-pyrrole nitrogens is 1. The molecular weight excluding hydrogens is 320 g/mol. The first-order valence-corrected chi connectivity index (χ1v) is 8.12. The lowest BCUT2D eigenvalue weighted by molar-refractivity contribution is -0.156. The molecule has 1 unspecified atom stereocenters. The lowest BCUT2D eigenvalue weighted by Crippen LogP contribution is -2.49. The zero-order valence-corrected chi connectivity index (χ0v) is 14.9. The Hall–Kier alpha value is -2.77. The number of rotatable bonds is 5. The molecule has 2 heterocycles. The Balaban J connectivity index is 1.86. The zero-order valence-electron chi connectivity index (χ0n) is 14.9. The normalized spacial score (nSPS) is 20.1. The van der Waals surface area contributed by atoms with Gasteiger partial charge in [0.05, 0.1) is 5.71 Å². The standard InChI is InChI=1S/C17H22N6O2/c1-12-10-17(25-20-12,13-8-6-5-7-9-13)15(24)23(4)11-16(2,3)14-18-21-22-19-14/h5-9H,10-11H2,1-4H3,(H,18,19,21,22). The third-order valence-electron chi connectivity index (χ3n) is 4.38. The first-order valence-electron chi connectivity index (χ1n) is 8.12. The Morgan fingerprint density at radius 2 is 2.08 bits per heavy atom. The Kier molecular flexibility index (Phi) is 4.28. The topological polar surface area (TPSA) is 96.4 Å². The maximum Gasteiger partial charge on any atom is 0.274 e. The maximum absolute atomic E-state index is 13.3. The number of likely N-dealkylation sites (N-methyl/N-ethyl adjacent to an activating group) is 1. The predicted octanol–water partition coefficient (Wildman–Crippen LogP) is 1.63. The fraction of sp³-hybridized carbons (Fsp3) is 0.471. The molecule has 0 fully saturated rings. The molecule has 8 nitrogen and oxygen atoms in total. The van der Waals surface area contributed by atoms with Crippen LogP contribution in [0.4, 0.5) is 0 Å². The Morgan fingerprint density at radius 3 is 2.64 bits per heavy atom. The Labute approximate surface area is 146 Å². The summed E-state index contributed by atoms with van der Waals surface area (Å²) in [6.45, 7) is 6.21. The summed E-state index contributed by atoms with van der Waals surface area (Å²) in [6.07, 6.45) is 0.433. The lowest BCUT2D eigenvalue weighted by atomic mass is 9.86. The van der Waals surface area contributed by atoms with E-state index in [0.29, 0.717) is 18.8 Å². The van der Waals surface area contributed by atoms with Gasteiger partial charge in [0.15, 0.2) is 5.82 Å². The van der Waals surface area contributed by atoms with Gasteiger partial charge >= 0.3 is 0 Å². The highest BCUT2D eigenvalue weighted by Crippen LogP contribution is 2.37. The minimum Gasteiger partial charge on any atom is -0.374 e. The van der Waals surface area contributed by atoms with Gasteiger partial charge in [-0.3, -0.25) is 4.79 Å². The van der Waals surface area contributed by atoms with Gasteiger partial charge in [-0.1, -0.05) is 54.5 Å². The highest BCUT2D eigenvalue weighted by molar-refractivity contribution is 5.95. The quantitative estimate of drug-likeness (QED) is 0.891. The van der Waals surface area contributed by atoms with E-state index in [1.54, 1.807) is 11.9 Å². The van der Waals surface area contributed by atoms with Gasteiger partial charge in [0, 0.05) is 31.0 Å². The van der Waals surface area contributed by atoms with Crippen molar-refractivity contribution in [2.75, 3.05) is 13.6 Å². The molecule has 0 radical (unpaired) electrons. The molecule has 1 aliphatic rings. The van der Waals surface area contributed by atoms with E-state index in [-0.39, 0.29) is 5.91 Å². The molecule has 25 heavy (non-hydrogen) atoms. The predicted molar refractivity (Wildman–Crippen MR) is 91.8 cm³/mol. The van der Waals surface area contributed by atoms with Crippen LogP contribution >= 0.6 is 0 Å². The van der Waals surface area contributed by atoms with Crippen molar-refractivity contribution in [3.63, 3.8) is 0 Å². The summed E-state index contributed by atoms with van der Waals surface area (Å²) in [5.41, 5.74) is 0.0184. The number of amides is 1. The van der Waals surface area contributed by atoms with Gasteiger partial charge in [0.2, 0.25) is 5.60 Å². The molecule has 1 N–H and O–H groups in total. The van der Waals surface area contributed by atoms with Crippen LogP contribution in [0.1, 0.15) is 38.6 Å². The molecule has 1 aromatic heterocycles. The van der Waals surface area contributed by atoms with Crippen LogP contribution in [-0.2, 0) is 20.6 Å². The van der Waals surface area contributed by atoms with Gasteiger partial charge in [0.1, 0.15) is 0 Å². The fourth-order valence-electron chi connectivity index (χ4n) is 3.17. The number of nitrogens with zero attached hydrogens (tertiary/aromatic N) is 5. The van der Waals surface area contributed by atoms with Crippen LogP contribution < -0.4 is 0 Å². The number of aromatic amines is 1. The van der Waals surface area contributed by atoms with E-state index in [0.717, 1.165) is 11.3 Å². The lowest BCUT2D eigenvalue weighted by Gasteiger charge is -2.34. The number of oxime groups is 1. The second kappa shape index (κ2) is 6.27. The van der Waals surface area contributed by atoms with Gasteiger partial charge < -0.3 is 9.74 Å². The molecule has 1 aromatic carbocycles. The van der Waals surface area contributed by atoms with Gasteiger partial charge in [0.25, 0.3) is 5.91 Å². The summed E-state index contributed by atoms with van der Waals surface area (Å²) >= 11 is 0. The monoisotopic (exact) mass is 342 g/mol. The van der Waals surface area contributed by atoms with Crippen molar-refractivity contribution >= 4 is 11.6 Å². The van der Waals surface area contributed by atoms with Crippen molar-refractivity contribution < 1.29 is 9.63 Å². The van der Waals surface area contributed by atoms with E-state index in [4.69, 9.17) is 4.84 Å². The van der Waals surface area contributed by atoms with Crippen molar-refractivity contribution in [1.29, 1.82) is 0 Å². The molecule has 132 valence electrons. The van der Waals surface area contributed by atoms with Crippen LogP contribution in [0.2, 0.25) is 0 Å². The maximum atomic E-state index is 13.3. The summed E-state index contributed by atoms with van der Waals surface area (Å²) in [5, 5.41) is 18.2. The molecule has 1 amide bonds. The Bertz CT molecular complexity index is 772. The molecule has 3 rings (SSSR count). The van der Waals surface area contributed by atoms with Gasteiger partial charge in [-0.25, -0.2) is 0 Å². The van der Waals surface area contributed by atoms with Crippen LogP contribution in [0, 0.1) is 0 Å². The van der Waals surface area contributed by atoms with E-state index in [2.05, 4.69) is 25.8 Å². The number of hydrogen-bond acceptors (Lipinski definition) is 6. The number of carbonyl (C=O) groups is 1. The van der Waals surface area contributed by atoms with Crippen LogP contribution in [0.5, 0.6) is 0 Å². The van der Waals surface area contributed by atoms with Crippen molar-refractivity contribution in [2.24, 2.45) is 5.16 Å². The number of benzene rings is 1. The van der Waals surface area contributed by atoms with E-state index in [1.807, 2.05) is 51.1 Å². The number of aromatic nitrogens is 4. The summed E-state index contributed by atoms with van der Waals surface area (Å²) in [4.78, 5) is 20.6. The van der Waals surface area contributed by atoms with Crippen LogP contribution in [0.15, 0.2) is 35.5 Å². The smallest absolute Gasteiger partial charge is 0.274 e. The molecule has 1 atom stereocenters. The van der Waals surface area contributed by atoms with Crippen LogP contribution in [0.25, 0.3) is 0 Å². The summed E-state index contributed by atoms with van der Waals surface area (Å²) in [5.74, 6) is 0.413. The molecule has 8 heteroatoms. The molecule has 0 spiro atoms. The average Bonchev–Trinajstić information content (AvgIpc) is 3.25. The highest BCUT2D eigenvalue weighted by Gasteiger charge is 2.49. The van der Waals surface area contributed by atoms with Gasteiger partial charge in [-0.15, -0.1) is 10.2 Å². The third kappa shape index (κ3) is 3.11. The summed E-state index contributed by atoms with van der Waals surface area (Å²) < 4.78 is 0. The van der Waals surface area contributed by atoms with E-state index in [9.17, 15) is 4.79 Å². The fourth-order valence-corrected chi connectivity index (χ4v) is 3.17. The number of tetrazole rings is 1. The van der Waals surface area contributed by atoms with Gasteiger partial charge in [-0.2, -0.15) is 5.21 Å². The molecule has 0 saturated carbocycles. The molecular formula is C17H22N6O2.